The second-order valence-electron chi connectivity index (χ2n) is 10.2. The Morgan fingerprint density at radius 1 is 1.11 bits per heavy atom. The molecule has 8 heteroatoms. The van der Waals surface area contributed by atoms with Crippen molar-refractivity contribution in [1.29, 1.82) is 5.26 Å². The second kappa shape index (κ2) is 9.40. The minimum atomic E-state index is 0.202. The average Bonchev–Trinajstić information content (AvgIpc) is 3.09. The van der Waals surface area contributed by atoms with Crippen molar-refractivity contribution >= 4 is 35.7 Å². The van der Waals surface area contributed by atoms with Gasteiger partial charge in [-0.15, -0.1) is 0 Å². The van der Waals surface area contributed by atoms with E-state index < -0.39 is 0 Å². The van der Waals surface area contributed by atoms with Gasteiger partial charge in [-0.3, -0.25) is 9.88 Å². The van der Waals surface area contributed by atoms with Gasteiger partial charge in [0.15, 0.2) is 0 Å². The third kappa shape index (κ3) is 4.02. The number of piperazine rings is 1. The predicted molar refractivity (Wildman–Crippen MR) is 144 cm³/mol. The molecule has 0 aliphatic carbocycles. The van der Waals surface area contributed by atoms with Crippen LogP contribution < -0.4 is 20.7 Å². The maximum Gasteiger partial charge on any atom is 0.141 e. The topological polar surface area (TPSA) is 67.7 Å². The Morgan fingerprint density at radius 2 is 2.00 bits per heavy atom. The summed E-state index contributed by atoms with van der Waals surface area (Å²) in [6, 6.07) is 17.8. The second-order valence-corrected chi connectivity index (χ2v) is 10.2. The quantitative estimate of drug-likeness (QED) is 0.579. The van der Waals surface area contributed by atoms with Crippen molar-refractivity contribution in [2.75, 3.05) is 56.2 Å². The first kappa shape index (κ1) is 23.3. The normalized spacial score (nSPS) is 24.3. The van der Waals surface area contributed by atoms with Crippen LogP contribution in [-0.4, -0.2) is 76.3 Å². The first-order valence-electron chi connectivity index (χ1n) is 12.8. The van der Waals surface area contributed by atoms with Crippen LogP contribution in [0, 0.1) is 11.3 Å². The highest BCUT2D eigenvalue weighted by atomic mass is 16.5. The van der Waals surface area contributed by atoms with E-state index in [1.165, 1.54) is 16.8 Å². The summed E-state index contributed by atoms with van der Waals surface area (Å²) in [5.74, 6) is 0. The van der Waals surface area contributed by atoms with Crippen LogP contribution in [0.3, 0.4) is 0 Å². The Morgan fingerprint density at radius 3 is 2.83 bits per heavy atom. The number of ether oxygens (including phenoxy) is 1. The molecule has 1 N–H and O–H groups in total. The van der Waals surface area contributed by atoms with Gasteiger partial charge < -0.3 is 19.9 Å². The lowest BCUT2D eigenvalue weighted by Gasteiger charge is -2.44. The fourth-order valence-electron chi connectivity index (χ4n) is 6.16. The number of hydrogen-bond donors (Lipinski definition) is 1. The standard InChI is InChI=1S/C28H31BN6O/c1-18-14-34(25-7-3-19(12-30)28-24(25)6-8-27(29)32-28)17-26-23-5-4-21(11-20(23)15-35(18)26)33-10-9-31-13-22(16-33)36-2/h3-8,11,18,22,26,31H,9-10,13-17H2,1-2H3/t18-,22?,26-/m1/s1. The zero-order valence-corrected chi connectivity index (χ0v) is 20.9. The van der Waals surface area contributed by atoms with E-state index >= 15 is 0 Å². The van der Waals surface area contributed by atoms with E-state index in [2.05, 4.69) is 62.3 Å². The number of nitrogens with zero attached hydrogens (tertiary/aromatic N) is 5. The first-order chi connectivity index (χ1) is 17.6. The van der Waals surface area contributed by atoms with Crippen molar-refractivity contribution in [1.82, 2.24) is 15.2 Å². The van der Waals surface area contributed by atoms with Gasteiger partial charge >= 0.3 is 0 Å². The van der Waals surface area contributed by atoms with Crippen LogP contribution in [0.4, 0.5) is 11.4 Å². The van der Waals surface area contributed by atoms with Crippen molar-refractivity contribution < 1.29 is 4.74 Å². The van der Waals surface area contributed by atoms with E-state index in [0.29, 0.717) is 28.8 Å². The van der Waals surface area contributed by atoms with E-state index in [1.807, 2.05) is 18.2 Å². The number of methoxy groups -OCH3 is 1. The maximum absolute atomic E-state index is 9.60. The average molecular weight is 478 g/mol. The molecule has 3 aliphatic heterocycles. The van der Waals surface area contributed by atoms with Crippen LogP contribution in [-0.2, 0) is 11.3 Å². The zero-order chi connectivity index (χ0) is 24.8. The Labute approximate surface area is 214 Å². The summed E-state index contributed by atoms with van der Waals surface area (Å²) in [7, 11) is 7.75. The van der Waals surface area contributed by atoms with Gasteiger partial charge in [0, 0.05) is 75.7 Å². The number of nitriles is 1. The number of pyridine rings is 1. The SMILES string of the molecule is [B]c1ccc2c(N3C[C@@H](C)N4Cc5cc(N6CCNCC(OC)C6)ccc5[C@H]4C3)ccc(C#N)c2n1. The molecule has 7 nitrogen and oxygen atoms in total. The number of rotatable bonds is 3. The molecule has 4 heterocycles. The molecular formula is C28H31BN6O. The Bertz CT molecular complexity index is 1340. The van der Waals surface area contributed by atoms with Gasteiger partial charge in [-0.25, -0.2) is 0 Å². The third-order valence-corrected chi connectivity index (χ3v) is 8.05. The number of nitrogens with one attached hydrogen (secondary N) is 1. The molecule has 0 amide bonds. The first-order valence-corrected chi connectivity index (χ1v) is 12.8. The van der Waals surface area contributed by atoms with E-state index in [4.69, 9.17) is 12.6 Å². The molecule has 0 bridgehead atoms. The molecule has 1 aromatic heterocycles. The minimum Gasteiger partial charge on any atom is -0.378 e. The van der Waals surface area contributed by atoms with Crippen LogP contribution in [0.1, 0.15) is 29.7 Å². The van der Waals surface area contributed by atoms with Crippen molar-refractivity contribution in [2.45, 2.75) is 31.7 Å². The number of benzene rings is 2. The minimum absolute atomic E-state index is 0.202. The number of hydrogen-bond acceptors (Lipinski definition) is 7. The third-order valence-electron chi connectivity index (χ3n) is 8.05. The number of aromatic nitrogens is 1. The molecular weight excluding hydrogens is 447 g/mol. The highest BCUT2D eigenvalue weighted by Crippen LogP contribution is 2.42. The lowest BCUT2D eigenvalue weighted by Crippen LogP contribution is -2.51. The van der Waals surface area contributed by atoms with Crippen LogP contribution >= 0.6 is 0 Å². The highest BCUT2D eigenvalue weighted by Gasteiger charge is 2.39. The molecule has 2 radical (unpaired) electrons. The van der Waals surface area contributed by atoms with E-state index in [0.717, 1.165) is 56.9 Å². The molecule has 6 rings (SSSR count). The molecule has 182 valence electrons. The van der Waals surface area contributed by atoms with Crippen LogP contribution in [0.25, 0.3) is 10.9 Å². The fraction of sp³-hybridized carbons (Fsp3) is 0.429. The molecule has 3 aliphatic rings. The molecule has 0 saturated carbocycles. The summed E-state index contributed by atoms with van der Waals surface area (Å²) >= 11 is 0. The Hall–Kier alpha value is -3.12. The molecule has 2 aromatic carbocycles. The zero-order valence-electron chi connectivity index (χ0n) is 20.9. The van der Waals surface area contributed by atoms with Gasteiger partial charge in [-0.2, -0.15) is 5.26 Å². The van der Waals surface area contributed by atoms with E-state index in [-0.39, 0.29) is 6.10 Å². The monoisotopic (exact) mass is 478 g/mol. The predicted octanol–water partition coefficient (Wildman–Crippen LogP) is 2.09. The van der Waals surface area contributed by atoms with Crippen LogP contribution in [0.2, 0.25) is 0 Å². The fourth-order valence-corrected chi connectivity index (χ4v) is 6.16. The van der Waals surface area contributed by atoms with Crippen molar-refractivity contribution in [3.8, 4) is 6.07 Å². The Kier molecular flexibility index (Phi) is 6.08. The lowest BCUT2D eigenvalue weighted by atomic mass is 9.98. The molecule has 0 spiro atoms. The summed E-state index contributed by atoms with van der Waals surface area (Å²) in [5, 5.41) is 14.1. The molecule has 36 heavy (non-hydrogen) atoms. The summed E-state index contributed by atoms with van der Waals surface area (Å²) in [5.41, 5.74) is 6.94. The van der Waals surface area contributed by atoms with Gasteiger partial charge in [0.1, 0.15) is 13.9 Å². The van der Waals surface area contributed by atoms with Gasteiger partial charge in [-0.05, 0) is 54.0 Å². The van der Waals surface area contributed by atoms with E-state index in [1.54, 1.807) is 7.11 Å². The van der Waals surface area contributed by atoms with Crippen LogP contribution in [0.5, 0.6) is 0 Å². The molecule has 3 aromatic rings. The lowest BCUT2D eigenvalue weighted by molar-refractivity contribution is 0.112. The van der Waals surface area contributed by atoms with Gasteiger partial charge in [0.2, 0.25) is 0 Å². The maximum atomic E-state index is 9.60. The van der Waals surface area contributed by atoms with Gasteiger partial charge in [-0.1, -0.05) is 12.1 Å². The summed E-state index contributed by atoms with van der Waals surface area (Å²) < 4.78 is 5.67. The van der Waals surface area contributed by atoms with Crippen molar-refractivity contribution in [3.05, 3.63) is 59.2 Å². The molecule has 2 saturated heterocycles. The highest BCUT2D eigenvalue weighted by molar-refractivity contribution is 6.31. The smallest absolute Gasteiger partial charge is 0.141 e. The number of anilines is 2. The molecule has 2 fully saturated rings. The molecule has 1 unspecified atom stereocenters. The summed E-state index contributed by atoms with van der Waals surface area (Å²) in [6.45, 7) is 8.89. The summed E-state index contributed by atoms with van der Waals surface area (Å²) in [4.78, 5) is 12.0. The van der Waals surface area contributed by atoms with Crippen molar-refractivity contribution in [3.63, 3.8) is 0 Å². The summed E-state index contributed by atoms with van der Waals surface area (Å²) in [6.07, 6.45) is 0.202. The largest absolute Gasteiger partial charge is 0.378 e. The van der Waals surface area contributed by atoms with Gasteiger partial charge in [0.25, 0.3) is 0 Å². The van der Waals surface area contributed by atoms with Crippen LogP contribution in [0.15, 0.2) is 42.5 Å². The van der Waals surface area contributed by atoms with E-state index in [9.17, 15) is 5.26 Å². The number of fused-ring (bicyclic) bond motifs is 4. The molecule has 3 atom stereocenters. The Balaban J connectivity index is 1.30. The van der Waals surface area contributed by atoms with Crippen molar-refractivity contribution in [2.24, 2.45) is 0 Å². The van der Waals surface area contributed by atoms with Gasteiger partial charge in [0.05, 0.1) is 23.2 Å².